The second-order valence-corrected chi connectivity index (χ2v) is 9.23. The third kappa shape index (κ3) is 4.49. The predicted molar refractivity (Wildman–Crippen MR) is 107 cm³/mol. The van der Waals surface area contributed by atoms with Gasteiger partial charge in [-0.05, 0) is 31.4 Å². The van der Waals surface area contributed by atoms with Gasteiger partial charge in [0, 0.05) is 45.8 Å². The number of carbonyl (C=O) groups excluding carboxylic acids is 2. The molecule has 1 atom stereocenters. The van der Waals surface area contributed by atoms with Gasteiger partial charge in [-0.15, -0.1) is 0 Å². The Balaban J connectivity index is 1.65. The topological polar surface area (TPSA) is 94.4 Å². The van der Waals surface area contributed by atoms with Crippen molar-refractivity contribution in [1.82, 2.24) is 18.4 Å². The molecule has 2 aliphatic rings. The molecule has 162 valence electrons. The first-order valence-corrected chi connectivity index (χ1v) is 11.7. The number of piperazine rings is 1. The highest BCUT2D eigenvalue weighted by Gasteiger charge is 2.38. The summed E-state index contributed by atoms with van der Waals surface area (Å²) in [5, 5.41) is 0. The van der Waals surface area contributed by atoms with E-state index in [1.54, 1.807) is 21.9 Å². The molecule has 0 aliphatic carbocycles. The van der Waals surface area contributed by atoms with Crippen molar-refractivity contribution in [2.24, 2.45) is 0 Å². The van der Waals surface area contributed by atoms with Gasteiger partial charge >= 0.3 is 0 Å². The quantitative estimate of drug-likeness (QED) is 0.677. The molecule has 1 aromatic rings. The molecule has 2 saturated heterocycles. The van der Waals surface area contributed by atoms with Crippen LogP contribution in [0.2, 0.25) is 0 Å². The lowest BCUT2D eigenvalue weighted by Gasteiger charge is -2.41. The Labute approximate surface area is 172 Å². The number of furan rings is 1. The largest absolute Gasteiger partial charge is 0.459 e. The molecule has 2 fully saturated rings. The fraction of sp³-hybridized carbons (Fsp3) is 0.684. The highest BCUT2D eigenvalue weighted by Crippen LogP contribution is 2.23. The first kappa shape index (κ1) is 21.8. The van der Waals surface area contributed by atoms with Crippen molar-refractivity contribution in [3.8, 4) is 0 Å². The molecule has 2 amide bonds. The molecule has 0 bridgehead atoms. The summed E-state index contributed by atoms with van der Waals surface area (Å²) < 4.78 is 33.5. The van der Waals surface area contributed by atoms with Gasteiger partial charge in [0.15, 0.2) is 5.76 Å². The zero-order chi connectivity index (χ0) is 21.0. The van der Waals surface area contributed by atoms with Crippen molar-refractivity contribution in [1.29, 1.82) is 0 Å². The molecule has 29 heavy (non-hydrogen) atoms. The average Bonchev–Trinajstić information content (AvgIpc) is 3.28. The minimum Gasteiger partial charge on any atom is -0.459 e. The Bertz CT molecular complexity index is 799. The molecule has 3 heterocycles. The van der Waals surface area contributed by atoms with Crippen molar-refractivity contribution >= 4 is 22.0 Å². The molecular weight excluding hydrogens is 396 g/mol. The number of hydrogen-bond donors (Lipinski definition) is 0. The zero-order valence-corrected chi connectivity index (χ0v) is 17.9. The van der Waals surface area contributed by atoms with Gasteiger partial charge < -0.3 is 14.2 Å². The van der Waals surface area contributed by atoms with Gasteiger partial charge in [0.25, 0.3) is 16.1 Å². The molecule has 10 heteroatoms. The summed E-state index contributed by atoms with van der Waals surface area (Å²) >= 11 is 0. The number of likely N-dealkylation sites (tertiary alicyclic amines) is 1. The minimum absolute atomic E-state index is 0.107. The van der Waals surface area contributed by atoms with Gasteiger partial charge in [-0.1, -0.05) is 13.8 Å². The maximum Gasteiger partial charge on any atom is 0.290 e. The number of rotatable bonds is 6. The van der Waals surface area contributed by atoms with Gasteiger partial charge in [0.1, 0.15) is 6.04 Å². The molecule has 0 spiro atoms. The highest BCUT2D eigenvalue weighted by molar-refractivity contribution is 7.86. The van der Waals surface area contributed by atoms with Crippen LogP contribution in [0.5, 0.6) is 0 Å². The van der Waals surface area contributed by atoms with Crippen LogP contribution < -0.4 is 0 Å². The molecule has 0 N–H and O–H groups in total. The molecule has 1 unspecified atom stereocenters. The van der Waals surface area contributed by atoms with Crippen LogP contribution in [0.25, 0.3) is 0 Å². The second-order valence-electron chi connectivity index (χ2n) is 7.30. The number of amides is 2. The molecular formula is C19H30N4O5S. The summed E-state index contributed by atoms with van der Waals surface area (Å²) in [4.78, 5) is 29.2. The molecule has 0 aromatic carbocycles. The van der Waals surface area contributed by atoms with E-state index in [2.05, 4.69) is 0 Å². The Morgan fingerprint density at radius 1 is 1.10 bits per heavy atom. The van der Waals surface area contributed by atoms with E-state index < -0.39 is 16.3 Å². The highest BCUT2D eigenvalue weighted by atomic mass is 32.2. The fourth-order valence-electron chi connectivity index (χ4n) is 4.04. The zero-order valence-electron chi connectivity index (χ0n) is 17.1. The molecule has 0 radical (unpaired) electrons. The Kier molecular flexibility index (Phi) is 6.97. The Hall–Kier alpha value is -1.91. The summed E-state index contributed by atoms with van der Waals surface area (Å²) in [6, 6.07) is 2.74. The van der Waals surface area contributed by atoms with Crippen LogP contribution in [-0.4, -0.2) is 90.5 Å². The van der Waals surface area contributed by atoms with E-state index in [1.165, 1.54) is 14.9 Å². The fourth-order valence-corrected chi connectivity index (χ4v) is 5.64. The number of carbonyl (C=O) groups is 2. The number of hydrogen-bond acceptors (Lipinski definition) is 5. The first-order chi connectivity index (χ1) is 13.9. The summed E-state index contributed by atoms with van der Waals surface area (Å²) in [5.74, 6) is -0.139. The average molecular weight is 427 g/mol. The van der Waals surface area contributed by atoms with Crippen molar-refractivity contribution in [3.05, 3.63) is 24.2 Å². The monoisotopic (exact) mass is 426 g/mol. The number of piperidine rings is 1. The van der Waals surface area contributed by atoms with E-state index in [9.17, 15) is 18.0 Å². The van der Waals surface area contributed by atoms with Crippen molar-refractivity contribution in [2.75, 3.05) is 45.8 Å². The van der Waals surface area contributed by atoms with Crippen molar-refractivity contribution in [3.63, 3.8) is 0 Å². The van der Waals surface area contributed by atoms with E-state index in [4.69, 9.17) is 4.42 Å². The summed E-state index contributed by atoms with van der Waals surface area (Å²) in [5.41, 5.74) is 0. The molecule has 1 aromatic heterocycles. The normalized spacial score (nSPS) is 21.6. The Morgan fingerprint density at radius 2 is 1.79 bits per heavy atom. The van der Waals surface area contributed by atoms with Crippen LogP contribution in [0.4, 0.5) is 0 Å². The first-order valence-electron chi connectivity index (χ1n) is 10.3. The SMILES string of the molecule is CCN(CC)S(=O)(=O)N1CCN(C(=O)C2CCCCN2C(=O)c2ccco2)CC1. The van der Waals surface area contributed by atoms with Gasteiger partial charge in [0.05, 0.1) is 6.26 Å². The van der Waals surface area contributed by atoms with E-state index >= 15 is 0 Å². The van der Waals surface area contributed by atoms with Gasteiger partial charge in [-0.3, -0.25) is 9.59 Å². The molecule has 0 saturated carbocycles. The van der Waals surface area contributed by atoms with Gasteiger partial charge in [-0.25, -0.2) is 0 Å². The maximum atomic E-state index is 13.2. The lowest BCUT2D eigenvalue weighted by molar-refractivity contribution is -0.138. The van der Waals surface area contributed by atoms with E-state index in [1.807, 2.05) is 13.8 Å². The number of nitrogens with zero attached hydrogens (tertiary/aromatic N) is 4. The van der Waals surface area contributed by atoms with E-state index in [-0.39, 0.29) is 30.7 Å². The summed E-state index contributed by atoms with van der Waals surface area (Å²) in [7, 11) is -3.50. The third-order valence-corrected chi connectivity index (χ3v) is 7.88. The molecule has 2 aliphatic heterocycles. The second kappa shape index (κ2) is 9.27. The van der Waals surface area contributed by atoms with E-state index in [0.29, 0.717) is 39.1 Å². The van der Waals surface area contributed by atoms with Crippen molar-refractivity contribution < 1.29 is 22.4 Å². The van der Waals surface area contributed by atoms with Gasteiger partial charge in [-0.2, -0.15) is 17.0 Å². The molecule has 3 rings (SSSR count). The van der Waals surface area contributed by atoms with Crippen LogP contribution in [0.15, 0.2) is 22.8 Å². The standard InChI is InChI=1S/C19H30N4O5S/c1-3-21(4-2)29(26,27)22-13-11-20(12-14-22)18(24)16-8-5-6-10-23(16)19(25)17-9-7-15-28-17/h7,9,15-16H,3-6,8,10-14H2,1-2H3. The lowest BCUT2D eigenvalue weighted by atomic mass is 10.00. The maximum absolute atomic E-state index is 13.2. The lowest BCUT2D eigenvalue weighted by Crippen LogP contribution is -2.58. The van der Waals surface area contributed by atoms with Crippen LogP contribution in [0.1, 0.15) is 43.7 Å². The van der Waals surface area contributed by atoms with Crippen LogP contribution >= 0.6 is 0 Å². The van der Waals surface area contributed by atoms with Gasteiger partial charge in [0.2, 0.25) is 5.91 Å². The summed E-state index contributed by atoms with van der Waals surface area (Å²) in [6.45, 7) is 6.19. The summed E-state index contributed by atoms with van der Waals surface area (Å²) in [6.07, 6.45) is 3.80. The van der Waals surface area contributed by atoms with Crippen LogP contribution in [-0.2, 0) is 15.0 Å². The predicted octanol–water partition coefficient (Wildman–Crippen LogP) is 1.01. The van der Waals surface area contributed by atoms with Crippen molar-refractivity contribution in [2.45, 2.75) is 39.2 Å². The molecule has 9 nitrogen and oxygen atoms in total. The van der Waals surface area contributed by atoms with Crippen LogP contribution in [0.3, 0.4) is 0 Å². The smallest absolute Gasteiger partial charge is 0.290 e. The minimum atomic E-state index is -3.50. The van der Waals surface area contributed by atoms with E-state index in [0.717, 1.165) is 12.8 Å². The van der Waals surface area contributed by atoms with Crippen LogP contribution in [0, 0.1) is 0 Å². The third-order valence-electron chi connectivity index (χ3n) is 5.69. The Morgan fingerprint density at radius 3 is 2.38 bits per heavy atom.